The van der Waals surface area contributed by atoms with Crippen molar-refractivity contribution in [3.05, 3.63) is 70.5 Å². The smallest absolute Gasteiger partial charge is 0.224 e. The highest BCUT2D eigenvalue weighted by Crippen LogP contribution is 2.31. The Balaban J connectivity index is 1.53. The number of aryl methyl sites for hydroxylation is 1. The number of fused-ring (bicyclic) bond motifs is 1. The predicted octanol–water partition coefficient (Wildman–Crippen LogP) is 3.94. The summed E-state index contributed by atoms with van der Waals surface area (Å²) in [5, 5.41) is 4.89. The van der Waals surface area contributed by atoms with Gasteiger partial charge in [0, 0.05) is 18.4 Å². The van der Waals surface area contributed by atoms with Crippen LogP contribution in [0, 0.1) is 0 Å². The number of amides is 1. The van der Waals surface area contributed by atoms with E-state index in [1.807, 2.05) is 35.2 Å². The minimum Gasteiger partial charge on any atom is -0.497 e. The van der Waals surface area contributed by atoms with E-state index in [0.29, 0.717) is 18.4 Å². The third-order valence-electron chi connectivity index (χ3n) is 5.87. The molecule has 1 amide bonds. The molecule has 0 saturated carbocycles. The molecule has 0 N–H and O–H groups in total. The third kappa shape index (κ3) is 4.22. The molecule has 2 aromatic carbocycles. The van der Waals surface area contributed by atoms with Crippen LogP contribution in [0.5, 0.6) is 5.75 Å². The van der Waals surface area contributed by atoms with Crippen molar-refractivity contribution in [2.75, 3.05) is 13.7 Å². The first-order chi connectivity index (χ1) is 14.7. The fourth-order valence-corrected chi connectivity index (χ4v) is 4.26. The van der Waals surface area contributed by atoms with Crippen LogP contribution in [0.25, 0.3) is 10.9 Å². The minimum atomic E-state index is -0.0970. The number of para-hydroxylation sites is 1. The van der Waals surface area contributed by atoms with Crippen molar-refractivity contribution in [3.63, 3.8) is 0 Å². The molecule has 1 fully saturated rings. The van der Waals surface area contributed by atoms with Gasteiger partial charge in [-0.25, -0.2) is 0 Å². The summed E-state index contributed by atoms with van der Waals surface area (Å²) in [5.41, 5.74) is 1.82. The van der Waals surface area contributed by atoms with Crippen LogP contribution in [-0.4, -0.2) is 34.2 Å². The van der Waals surface area contributed by atoms with Crippen LogP contribution in [0.3, 0.4) is 0 Å². The molecule has 1 atom stereocenters. The van der Waals surface area contributed by atoms with Gasteiger partial charge in [0.1, 0.15) is 5.75 Å². The lowest BCUT2D eigenvalue weighted by Gasteiger charge is -2.31. The highest BCUT2D eigenvalue weighted by molar-refractivity contribution is 5.79. The van der Waals surface area contributed by atoms with Crippen LogP contribution in [0.4, 0.5) is 0 Å². The molecule has 0 bridgehead atoms. The normalized spacial score (nSPS) is 17.0. The van der Waals surface area contributed by atoms with Crippen LogP contribution >= 0.6 is 0 Å². The quantitative estimate of drug-likeness (QED) is 0.645. The molecule has 6 heteroatoms. The zero-order chi connectivity index (χ0) is 20.9. The molecule has 30 heavy (non-hydrogen) atoms. The van der Waals surface area contributed by atoms with E-state index in [-0.39, 0.29) is 17.4 Å². The van der Waals surface area contributed by atoms with E-state index in [0.717, 1.165) is 49.1 Å². The number of carbonyl (C=O) groups excluding carboxylic acids is 1. The second kappa shape index (κ2) is 9.11. The molecule has 1 saturated heterocycles. The van der Waals surface area contributed by atoms with Gasteiger partial charge in [0.25, 0.3) is 0 Å². The first kappa shape index (κ1) is 20.1. The largest absolute Gasteiger partial charge is 0.497 e. The Hall–Kier alpha value is -3.15. The van der Waals surface area contributed by atoms with Crippen LogP contribution in [0.15, 0.2) is 59.5 Å². The Morgan fingerprint density at radius 2 is 1.90 bits per heavy atom. The van der Waals surface area contributed by atoms with E-state index in [4.69, 9.17) is 4.74 Å². The average Bonchev–Trinajstić information content (AvgIpc) is 3.05. The molecule has 0 spiro atoms. The minimum absolute atomic E-state index is 0.0876. The van der Waals surface area contributed by atoms with Crippen molar-refractivity contribution in [1.29, 1.82) is 0 Å². The highest BCUT2D eigenvalue weighted by atomic mass is 16.5. The number of rotatable bonds is 5. The number of hydrogen-bond acceptors (Lipinski definition) is 4. The van der Waals surface area contributed by atoms with Gasteiger partial charge in [0.15, 0.2) is 0 Å². The van der Waals surface area contributed by atoms with Gasteiger partial charge in [-0.2, -0.15) is 5.10 Å². The molecule has 4 rings (SSSR count). The standard InChI is InChI=1S/C24H27N3O3/c1-30-19-12-10-18(11-13-19)21-8-3-2-6-15-26(21)24(29)14-16-27-22-9-5-4-7-20(22)23(28)17-25-27/h4-5,7,9-13,17,21H,2-3,6,8,14-16H2,1H3/t21-/m0/s1. The van der Waals surface area contributed by atoms with Crippen LogP contribution in [-0.2, 0) is 11.3 Å². The van der Waals surface area contributed by atoms with Crippen LogP contribution in [0.2, 0.25) is 0 Å². The number of hydrogen-bond donors (Lipinski definition) is 0. The van der Waals surface area contributed by atoms with Gasteiger partial charge in [-0.3, -0.25) is 14.3 Å². The monoisotopic (exact) mass is 405 g/mol. The van der Waals surface area contributed by atoms with Crippen molar-refractivity contribution >= 4 is 16.8 Å². The molecule has 0 aliphatic carbocycles. The van der Waals surface area contributed by atoms with Crippen LogP contribution in [0.1, 0.15) is 43.7 Å². The van der Waals surface area contributed by atoms with E-state index in [1.54, 1.807) is 17.9 Å². The number of aromatic nitrogens is 2. The summed E-state index contributed by atoms with van der Waals surface area (Å²) in [6, 6.07) is 15.5. The summed E-state index contributed by atoms with van der Waals surface area (Å²) in [7, 11) is 1.66. The zero-order valence-electron chi connectivity index (χ0n) is 17.3. The molecular formula is C24H27N3O3. The van der Waals surface area contributed by atoms with E-state index in [9.17, 15) is 9.59 Å². The van der Waals surface area contributed by atoms with Gasteiger partial charge in [0.05, 0.1) is 31.4 Å². The number of likely N-dealkylation sites (tertiary alicyclic amines) is 1. The summed E-state index contributed by atoms with van der Waals surface area (Å²) in [6.07, 6.45) is 5.94. The molecule has 0 radical (unpaired) electrons. The maximum absolute atomic E-state index is 13.2. The Morgan fingerprint density at radius 3 is 2.70 bits per heavy atom. The summed E-state index contributed by atoms with van der Waals surface area (Å²) in [4.78, 5) is 27.3. The third-order valence-corrected chi connectivity index (χ3v) is 5.87. The second-order valence-electron chi connectivity index (χ2n) is 7.72. The molecule has 1 aromatic heterocycles. The Morgan fingerprint density at radius 1 is 1.10 bits per heavy atom. The van der Waals surface area contributed by atoms with E-state index < -0.39 is 0 Å². The summed E-state index contributed by atoms with van der Waals surface area (Å²) in [6.45, 7) is 1.22. The lowest BCUT2D eigenvalue weighted by Crippen LogP contribution is -2.35. The number of ether oxygens (including phenoxy) is 1. The van der Waals surface area contributed by atoms with Gasteiger partial charge >= 0.3 is 0 Å². The van der Waals surface area contributed by atoms with Crippen molar-refractivity contribution in [3.8, 4) is 5.75 Å². The maximum atomic E-state index is 13.2. The van der Waals surface area contributed by atoms with Crippen molar-refractivity contribution in [1.82, 2.24) is 14.7 Å². The first-order valence-electron chi connectivity index (χ1n) is 10.6. The molecule has 0 unspecified atom stereocenters. The van der Waals surface area contributed by atoms with Gasteiger partial charge in [-0.05, 0) is 42.7 Å². The summed E-state index contributed by atoms with van der Waals surface area (Å²) in [5.74, 6) is 0.948. The average molecular weight is 405 g/mol. The fourth-order valence-electron chi connectivity index (χ4n) is 4.26. The number of benzene rings is 2. The van der Waals surface area contributed by atoms with Crippen molar-refractivity contribution < 1.29 is 9.53 Å². The van der Waals surface area contributed by atoms with Gasteiger partial charge in [0.2, 0.25) is 11.3 Å². The topological polar surface area (TPSA) is 64.4 Å². The molecular weight excluding hydrogens is 378 g/mol. The zero-order valence-corrected chi connectivity index (χ0v) is 17.3. The number of methoxy groups -OCH3 is 1. The van der Waals surface area contributed by atoms with Crippen molar-refractivity contribution in [2.45, 2.75) is 44.7 Å². The lowest BCUT2D eigenvalue weighted by atomic mass is 10.0. The highest BCUT2D eigenvalue weighted by Gasteiger charge is 2.26. The predicted molar refractivity (Wildman–Crippen MR) is 117 cm³/mol. The number of carbonyl (C=O) groups is 1. The maximum Gasteiger partial charge on any atom is 0.224 e. The molecule has 1 aliphatic rings. The van der Waals surface area contributed by atoms with Gasteiger partial charge < -0.3 is 9.64 Å². The fraction of sp³-hybridized carbons (Fsp3) is 0.375. The van der Waals surface area contributed by atoms with E-state index in [2.05, 4.69) is 17.2 Å². The SMILES string of the molecule is COc1ccc([C@@H]2CCCCCN2C(=O)CCn2ncc(=O)c3ccccc32)cc1. The Labute approximate surface area is 176 Å². The molecule has 6 nitrogen and oxygen atoms in total. The first-order valence-corrected chi connectivity index (χ1v) is 10.6. The van der Waals surface area contributed by atoms with E-state index in [1.165, 1.54) is 6.20 Å². The summed E-state index contributed by atoms with van der Waals surface area (Å²) >= 11 is 0. The van der Waals surface area contributed by atoms with Crippen LogP contribution < -0.4 is 10.2 Å². The Kier molecular flexibility index (Phi) is 6.12. The molecule has 1 aliphatic heterocycles. The lowest BCUT2D eigenvalue weighted by molar-refractivity contribution is -0.133. The van der Waals surface area contributed by atoms with Gasteiger partial charge in [-0.15, -0.1) is 0 Å². The van der Waals surface area contributed by atoms with Gasteiger partial charge in [-0.1, -0.05) is 37.1 Å². The van der Waals surface area contributed by atoms with E-state index >= 15 is 0 Å². The Bertz CT molecular complexity index is 1070. The summed E-state index contributed by atoms with van der Waals surface area (Å²) < 4.78 is 7.03. The molecule has 156 valence electrons. The molecule has 2 heterocycles. The molecule has 3 aromatic rings. The van der Waals surface area contributed by atoms with Crippen molar-refractivity contribution in [2.24, 2.45) is 0 Å². The number of nitrogens with zero attached hydrogens (tertiary/aromatic N) is 3. The second-order valence-corrected chi connectivity index (χ2v) is 7.72.